The van der Waals surface area contributed by atoms with Crippen LogP contribution in [0.2, 0.25) is 0 Å². The Bertz CT molecular complexity index is 641. The molecule has 80 valence electrons. The summed E-state index contributed by atoms with van der Waals surface area (Å²) in [6, 6.07) is 6.52. The van der Waals surface area contributed by atoms with Crippen LogP contribution in [-0.2, 0) is 7.05 Å². The number of fused-ring (bicyclic) bond motifs is 3. The van der Waals surface area contributed by atoms with Gasteiger partial charge in [-0.3, -0.25) is 0 Å². The number of benzene rings is 1. The van der Waals surface area contributed by atoms with Gasteiger partial charge in [0.05, 0.1) is 11.7 Å². The molecule has 0 bridgehead atoms. The molecule has 0 aliphatic rings. The van der Waals surface area contributed by atoms with Gasteiger partial charge in [-0.25, -0.2) is 9.37 Å². The monoisotopic (exact) mass is 215 g/mol. The summed E-state index contributed by atoms with van der Waals surface area (Å²) in [5, 5.41) is 1.80. The van der Waals surface area contributed by atoms with E-state index < -0.39 is 0 Å². The first-order valence-electron chi connectivity index (χ1n) is 4.96. The number of halogens is 1. The van der Waals surface area contributed by atoms with Crippen LogP contribution in [0.3, 0.4) is 0 Å². The smallest absolute Gasteiger partial charge is 0.124 e. The van der Waals surface area contributed by atoms with Crippen molar-refractivity contribution in [2.45, 2.75) is 0 Å². The first kappa shape index (κ1) is 9.15. The van der Waals surface area contributed by atoms with Crippen molar-refractivity contribution in [1.29, 1.82) is 0 Å². The first-order chi connectivity index (χ1) is 7.66. The minimum absolute atomic E-state index is 0.240. The Kier molecular flexibility index (Phi) is 1.68. The molecule has 0 amide bonds. The molecule has 3 aromatic rings. The van der Waals surface area contributed by atoms with Crippen molar-refractivity contribution in [3.63, 3.8) is 0 Å². The minimum atomic E-state index is -0.240. The van der Waals surface area contributed by atoms with E-state index in [9.17, 15) is 4.39 Å². The van der Waals surface area contributed by atoms with Crippen LogP contribution in [0.15, 0.2) is 30.5 Å². The molecule has 1 aromatic carbocycles. The standard InChI is InChI=1S/C12H10FN3/c1-16-10-3-2-7(13)4-8(10)9-5-12(14)15-6-11(9)16/h2-6H,1H3,(H2,14,15). The van der Waals surface area contributed by atoms with Gasteiger partial charge < -0.3 is 10.3 Å². The average Bonchev–Trinajstić information content (AvgIpc) is 2.52. The number of rotatable bonds is 0. The van der Waals surface area contributed by atoms with Gasteiger partial charge in [-0.05, 0) is 24.3 Å². The number of nitrogens with two attached hydrogens (primary N) is 1. The summed E-state index contributed by atoms with van der Waals surface area (Å²) >= 11 is 0. The lowest BCUT2D eigenvalue weighted by Crippen LogP contribution is -1.90. The number of nitrogens with zero attached hydrogens (tertiary/aromatic N) is 2. The molecule has 0 aliphatic heterocycles. The molecule has 2 aromatic heterocycles. The summed E-state index contributed by atoms with van der Waals surface area (Å²) in [5.41, 5.74) is 7.58. The number of hydrogen-bond donors (Lipinski definition) is 1. The van der Waals surface area contributed by atoms with Gasteiger partial charge in [-0.15, -0.1) is 0 Å². The third-order valence-corrected chi connectivity index (χ3v) is 2.88. The SMILES string of the molecule is Cn1c2ccc(F)cc2c2cc(N)ncc21. The molecule has 0 radical (unpaired) electrons. The maximum atomic E-state index is 13.2. The maximum Gasteiger partial charge on any atom is 0.124 e. The third-order valence-electron chi connectivity index (χ3n) is 2.88. The van der Waals surface area contributed by atoms with Crippen molar-refractivity contribution in [2.75, 3.05) is 5.73 Å². The van der Waals surface area contributed by atoms with E-state index in [0.29, 0.717) is 5.82 Å². The second-order valence-electron chi connectivity index (χ2n) is 3.85. The molecular formula is C12H10FN3. The number of nitrogen functional groups attached to an aromatic ring is 1. The van der Waals surface area contributed by atoms with Crippen LogP contribution >= 0.6 is 0 Å². The highest BCUT2D eigenvalue weighted by molar-refractivity contribution is 6.08. The second-order valence-corrected chi connectivity index (χ2v) is 3.85. The molecule has 2 heterocycles. The zero-order valence-corrected chi connectivity index (χ0v) is 8.74. The largest absolute Gasteiger partial charge is 0.384 e. The predicted molar refractivity (Wildman–Crippen MR) is 62.6 cm³/mol. The van der Waals surface area contributed by atoms with Gasteiger partial charge in [-0.1, -0.05) is 0 Å². The van der Waals surface area contributed by atoms with Crippen molar-refractivity contribution in [1.82, 2.24) is 9.55 Å². The number of aryl methyl sites for hydroxylation is 1. The lowest BCUT2D eigenvalue weighted by atomic mass is 10.2. The van der Waals surface area contributed by atoms with E-state index in [1.54, 1.807) is 18.3 Å². The summed E-state index contributed by atoms with van der Waals surface area (Å²) < 4.78 is 15.2. The number of aromatic nitrogens is 2. The van der Waals surface area contributed by atoms with Gasteiger partial charge in [0.15, 0.2) is 0 Å². The van der Waals surface area contributed by atoms with Gasteiger partial charge in [0.1, 0.15) is 11.6 Å². The number of anilines is 1. The van der Waals surface area contributed by atoms with Crippen molar-refractivity contribution in [3.05, 3.63) is 36.3 Å². The number of pyridine rings is 1. The topological polar surface area (TPSA) is 43.8 Å². The van der Waals surface area contributed by atoms with Crippen molar-refractivity contribution >= 4 is 27.6 Å². The van der Waals surface area contributed by atoms with Gasteiger partial charge in [0, 0.05) is 23.3 Å². The highest BCUT2D eigenvalue weighted by Crippen LogP contribution is 2.28. The van der Waals surface area contributed by atoms with Crippen molar-refractivity contribution < 1.29 is 4.39 Å². The fraction of sp³-hybridized carbons (Fsp3) is 0.0833. The van der Waals surface area contributed by atoms with Crippen LogP contribution in [0, 0.1) is 5.82 Å². The van der Waals surface area contributed by atoms with Crippen LogP contribution in [-0.4, -0.2) is 9.55 Å². The Morgan fingerprint density at radius 1 is 1.19 bits per heavy atom. The fourth-order valence-corrected chi connectivity index (χ4v) is 2.09. The molecule has 0 unspecified atom stereocenters. The quantitative estimate of drug-likeness (QED) is 0.626. The predicted octanol–water partition coefficient (Wildman–Crippen LogP) is 2.45. The molecule has 16 heavy (non-hydrogen) atoms. The molecule has 0 fully saturated rings. The molecule has 3 rings (SSSR count). The molecule has 0 saturated carbocycles. The third kappa shape index (κ3) is 1.10. The summed E-state index contributed by atoms with van der Waals surface area (Å²) in [5.74, 6) is 0.208. The minimum Gasteiger partial charge on any atom is -0.384 e. The Morgan fingerprint density at radius 3 is 2.75 bits per heavy atom. The van der Waals surface area contributed by atoms with E-state index in [4.69, 9.17) is 5.73 Å². The molecular weight excluding hydrogens is 205 g/mol. The molecule has 0 atom stereocenters. The molecule has 0 saturated heterocycles. The molecule has 4 heteroatoms. The summed E-state index contributed by atoms with van der Waals surface area (Å²) in [4.78, 5) is 4.05. The second kappa shape index (κ2) is 2.95. The van der Waals surface area contributed by atoms with Gasteiger partial charge in [0.2, 0.25) is 0 Å². The van der Waals surface area contributed by atoms with Crippen LogP contribution in [0.4, 0.5) is 10.2 Å². The van der Waals surface area contributed by atoms with Crippen LogP contribution in [0.5, 0.6) is 0 Å². The Morgan fingerprint density at radius 2 is 1.94 bits per heavy atom. The van der Waals surface area contributed by atoms with Crippen LogP contribution < -0.4 is 5.73 Å². The van der Waals surface area contributed by atoms with E-state index in [-0.39, 0.29) is 5.82 Å². The van der Waals surface area contributed by atoms with Crippen molar-refractivity contribution in [2.24, 2.45) is 7.05 Å². The fourth-order valence-electron chi connectivity index (χ4n) is 2.09. The molecule has 2 N–H and O–H groups in total. The molecule has 0 spiro atoms. The normalized spacial score (nSPS) is 11.4. The van der Waals surface area contributed by atoms with E-state index in [1.807, 2.05) is 11.6 Å². The van der Waals surface area contributed by atoms with Crippen molar-refractivity contribution in [3.8, 4) is 0 Å². The lowest BCUT2D eigenvalue weighted by Gasteiger charge is -1.96. The maximum absolute atomic E-state index is 13.2. The molecule has 3 nitrogen and oxygen atoms in total. The zero-order chi connectivity index (χ0) is 11.3. The van der Waals surface area contributed by atoms with Crippen LogP contribution in [0.25, 0.3) is 21.8 Å². The van der Waals surface area contributed by atoms with E-state index in [1.165, 1.54) is 12.1 Å². The number of hydrogen-bond acceptors (Lipinski definition) is 2. The Labute approximate surface area is 91.3 Å². The highest BCUT2D eigenvalue weighted by Gasteiger charge is 2.09. The summed E-state index contributed by atoms with van der Waals surface area (Å²) in [6.07, 6.45) is 1.71. The highest BCUT2D eigenvalue weighted by atomic mass is 19.1. The van der Waals surface area contributed by atoms with E-state index in [0.717, 1.165) is 21.8 Å². The zero-order valence-electron chi connectivity index (χ0n) is 8.74. The van der Waals surface area contributed by atoms with E-state index in [2.05, 4.69) is 4.98 Å². The first-order valence-corrected chi connectivity index (χ1v) is 4.96. The lowest BCUT2D eigenvalue weighted by molar-refractivity contribution is 0.629. The Balaban J connectivity index is 2.60. The van der Waals surface area contributed by atoms with Gasteiger partial charge in [-0.2, -0.15) is 0 Å². The van der Waals surface area contributed by atoms with E-state index >= 15 is 0 Å². The van der Waals surface area contributed by atoms with Gasteiger partial charge >= 0.3 is 0 Å². The summed E-state index contributed by atoms with van der Waals surface area (Å²) in [6.45, 7) is 0. The summed E-state index contributed by atoms with van der Waals surface area (Å²) in [7, 11) is 1.93. The average molecular weight is 215 g/mol. The van der Waals surface area contributed by atoms with Gasteiger partial charge in [0.25, 0.3) is 0 Å². The van der Waals surface area contributed by atoms with Crippen LogP contribution in [0.1, 0.15) is 0 Å². The Hall–Kier alpha value is -2.10. The molecule has 0 aliphatic carbocycles.